The Balaban J connectivity index is 1.51. The van der Waals surface area contributed by atoms with Crippen molar-refractivity contribution in [1.29, 1.82) is 0 Å². The molecular formula is C20H17ClN2O3S. The number of carbonyl (C=O) groups excluding carboxylic acids is 2. The van der Waals surface area contributed by atoms with Gasteiger partial charge in [-0.1, -0.05) is 11.6 Å². The van der Waals surface area contributed by atoms with Crippen LogP contribution in [0.2, 0.25) is 5.02 Å². The zero-order chi connectivity index (χ0) is 19.2. The molecule has 0 spiro atoms. The summed E-state index contributed by atoms with van der Waals surface area (Å²) in [4.78, 5) is 27.9. The largest absolute Gasteiger partial charge is 0.486 e. The van der Waals surface area contributed by atoms with E-state index in [1.807, 2.05) is 5.38 Å². The van der Waals surface area contributed by atoms with Crippen LogP contribution in [0.3, 0.4) is 0 Å². The van der Waals surface area contributed by atoms with E-state index in [0.29, 0.717) is 34.3 Å². The van der Waals surface area contributed by atoms with Gasteiger partial charge in [0.15, 0.2) is 5.78 Å². The fourth-order valence-electron chi connectivity index (χ4n) is 2.33. The van der Waals surface area contributed by atoms with Gasteiger partial charge in [0, 0.05) is 21.7 Å². The third-order valence-corrected chi connectivity index (χ3v) is 4.82. The van der Waals surface area contributed by atoms with Crippen LogP contribution in [0, 0.1) is 0 Å². The Bertz CT molecular complexity index is 937. The van der Waals surface area contributed by atoms with Crippen molar-refractivity contribution in [3.05, 3.63) is 75.2 Å². The molecule has 0 saturated heterocycles. The standard InChI is InChI=1S/C20H17ClN2O3S/c1-13(24)14-2-6-16(7-3-14)22-19(25)10-17-12-27-20(23-17)11-26-18-8-4-15(21)5-9-18/h2-9,12H,10-11H2,1H3,(H,22,25). The van der Waals surface area contributed by atoms with E-state index < -0.39 is 0 Å². The third kappa shape index (κ3) is 5.64. The summed E-state index contributed by atoms with van der Waals surface area (Å²) in [6.45, 7) is 1.84. The lowest BCUT2D eigenvalue weighted by molar-refractivity contribution is -0.115. The first-order valence-electron chi connectivity index (χ1n) is 8.22. The summed E-state index contributed by atoms with van der Waals surface area (Å²) in [5, 5.41) is 6.09. The summed E-state index contributed by atoms with van der Waals surface area (Å²) in [6, 6.07) is 13.9. The van der Waals surface area contributed by atoms with Crippen molar-refractivity contribution in [3.63, 3.8) is 0 Å². The zero-order valence-electron chi connectivity index (χ0n) is 14.6. The van der Waals surface area contributed by atoms with E-state index >= 15 is 0 Å². The van der Waals surface area contributed by atoms with Crippen LogP contribution in [0.1, 0.15) is 28.0 Å². The topological polar surface area (TPSA) is 68.3 Å². The van der Waals surface area contributed by atoms with Crippen molar-refractivity contribution >= 4 is 40.3 Å². The molecule has 0 aliphatic heterocycles. The highest BCUT2D eigenvalue weighted by Crippen LogP contribution is 2.18. The number of Topliss-reactive ketones (excluding diaryl/α,β-unsaturated/α-hetero) is 1. The second-order valence-electron chi connectivity index (χ2n) is 5.83. The highest BCUT2D eigenvalue weighted by atomic mass is 35.5. The van der Waals surface area contributed by atoms with E-state index in [0.717, 1.165) is 5.01 Å². The summed E-state index contributed by atoms with van der Waals surface area (Å²) in [5.74, 6) is 0.535. The quantitative estimate of drug-likeness (QED) is 0.580. The van der Waals surface area contributed by atoms with Crippen molar-refractivity contribution in [2.45, 2.75) is 20.0 Å². The molecule has 3 rings (SSSR count). The van der Waals surface area contributed by atoms with Gasteiger partial charge in [0.25, 0.3) is 0 Å². The molecule has 0 aliphatic rings. The number of thiazole rings is 1. The average Bonchev–Trinajstić information content (AvgIpc) is 3.09. The summed E-state index contributed by atoms with van der Waals surface area (Å²) < 4.78 is 5.65. The highest BCUT2D eigenvalue weighted by Gasteiger charge is 2.09. The van der Waals surface area contributed by atoms with Crippen LogP contribution >= 0.6 is 22.9 Å². The minimum Gasteiger partial charge on any atom is -0.486 e. The number of anilines is 1. The van der Waals surface area contributed by atoms with Gasteiger partial charge in [0.1, 0.15) is 17.4 Å². The molecule has 0 atom stereocenters. The van der Waals surface area contributed by atoms with E-state index in [1.54, 1.807) is 48.5 Å². The van der Waals surface area contributed by atoms with Crippen LogP contribution in [0.15, 0.2) is 53.9 Å². The number of rotatable bonds is 7. The van der Waals surface area contributed by atoms with Crippen molar-refractivity contribution in [3.8, 4) is 5.75 Å². The van der Waals surface area contributed by atoms with Crippen molar-refractivity contribution in [2.24, 2.45) is 0 Å². The molecule has 27 heavy (non-hydrogen) atoms. The predicted octanol–water partition coefficient (Wildman–Crippen LogP) is 4.76. The van der Waals surface area contributed by atoms with Crippen LogP contribution in [-0.2, 0) is 17.8 Å². The molecule has 1 heterocycles. The lowest BCUT2D eigenvalue weighted by Gasteiger charge is -2.05. The maximum Gasteiger partial charge on any atom is 0.230 e. The Morgan fingerprint density at radius 2 is 1.81 bits per heavy atom. The average molecular weight is 401 g/mol. The van der Waals surface area contributed by atoms with E-state index in [-0.39, 0.29) is 18.1 Å². The van der Waals surface area contributed by atoms with Crippen LogP contribution < -0.4 is 10.1 Å². The lowest BCUT2D eigenvalue weighted by atomic mass is 10.1. The van der Waals surface area contributed by atoms with Gasteiger partial charge in [-0.3, -0.25) is 9.59 Å². The summed E-state index contributed by atoms with van der Waals surface area (Å²) >= 11 is 7.29. The number of ether oxygens (including phenoxy) is 1. The fourth-order valence-corrected chi connectivity index (χ4v) is 3.16. The first kappa shape index (κ1) is 19.1. The molecule has 5 nitrogen and oxygen atoms in total. The van der Waals surface area contributed by atoms with E-state index in [9.17, 15) is 9.59 Å². The van der Waals surface area contributed by atoms with Crippen LogP contribution in [0.4, 0.5) is 5.69 Å². The molecule has 0 bridgehead atoms. The van der Waals surface area contributed by atoms with E-state index in [1.165, 1.54) is 18.3 Å². The molecule has 0 fully saturated rings. The Labute approximate surface area is 166 Å². The van der Waals surface area contributed by atoms with Gasteiger partial charge in [-0.25, -0.2) is 4.98 Å². The second-order valence-corrected chi connectivity index (χ2v) is 7.21. The van der Waals surface area contributed by atoms with Gasteiger partial charge in [0.2, 0.25) is 5.91 Å². The van der Waals surface area contributed by atoms with Gasteiger partial charge >= 0.3 is 0 Å². The van der Waals surface area contributed by atoms with Gasteiger partial charge < -0.3 is 10.1 Å². The molecular weight excluding hydrogens is 384 g/mol. The van der Waals surface area contributed by atoms with Gasteiger partial charge in [0.05, 0.1) is 12.1 Å². The molecule has 138 valence electrons. The van der Waals surface area contributed by atoms with E-state index in [4.69, 9.17) is 16.3 Å². The lowest BCUT2D eigenvalue weighted by Crippen LogP contribution is -2.14. The number of amides is 1. The zero-order valence-corrected chi connectivity index (χ0v) is 16.1. The monoisotopic (exact) mass is 400 g/mol. The molecule has 3 aromatic rings. The Morgan fingerprint density at radius 1 is 1.11 bits per heavy atom. The number of carbonyl (C=O) groups is 2. The Hall–Kier alpha value is -2.70. The summed E-state index contributed by atoms with van der Waals surface area (Å²) in [7, 11) is 0. The third-order valence-electron chi connectivity index (χ3n) is 3.69. The molecule has 7 heteroatoms. The molecule has 1 amide bonds. The number of aromatic nitrogens is 1. The Kier molecular flexibility index (Phi) is 6.21. The maximum absolute atomic E-state index is 12.2. The molecule has 0 unspecified atom stereocenters. The number of nitrogens with zero attached hydrogens (tertiary/aromatic N) is 1. The number of nitrogens with one attached hydrogen (secondary N) is 1. The number of benzene rings is 2. The number of hydrogen-bond acceptors (Lipinski definition) is 5. The molecule has 0 radical (unpaired) electrons. The first-order valence-corrected chi connectivity index (χ1v) is 9.48. The van der Waals surface area contributed by atoms with Crippen LogP contribution in [0.25, 0.3) is 0 Å². The minimum atomic E-state index is -0.166. The summed E-state index contributed by atoms with van der Waals surface area (Å²) in [6.07, 6.45) is 0.173. The summed E-state index contributed by atoms with van der Waals surface area (Å²) in [5.41, 5.74) is 1.94. The maximum atomic E-state index is 12.2. The van der Waals surface area contributed by atoms with Crippen LogP contribution in [0.5, 0.6) is 5.75 Å². The molecule has 2 aromatic carbocycles. The predicted molar refractivity (Wildman–Crippen MR) is 107 cm³/mol. The second kappa shape index (κ2) is 8.79. The first-order chi connectivity index (χ1) is 13.0. The Morgan fingerprint density at radius 3 is 2.48 bits per heavy atom. The van der Waals surface area contributed by atoms with Crippen molar-refractivity contribution < 1.29 is 14.3 Å². The van der Waals surface area contributed by atoms with Crippen molar-refractivity contribution in [1.82, 2.24) is 4.98 Å². The fraction of sp³-hybridized carbons (Fsp3) is 0.150. The highest BCUT2D eigenvalue weighted by molar-refractivity contribution is 7.09. The van der Waals surface area contributed by atoms with Crippen molar-refractivity contribution in [2.75, 3.05) is 5.32 Å². The SMILES string of the molecule is CC(=O)c1ccc(NC(=O)Cc2csc(COc3ccc(Cl)cc3)n2)cc1. The number of ketones is 1. The van der Waals surface area contributed by atoms with Gasteiger partial charge in [-0.15, -0.1) is 11.3 Å². The van der Waals surface area contributed by atoms with E-state index in [2.05, 4.69) is 10.3 Å². The molecule has 0 aliphatic carbocycles. The number of halogens is 1. The smallest absolute Gasteiger partial charge is 0.230 e. The normalized spacial score (nSPS) is 10.4. The molecule has 1 aromatic heterocycles. The minimum absolute atomic E-state index is 0.0105. The number of hydrogen-bond donors (Lipinski definition) is 1. The van der Waals surface area contributed by atoms with Crippen LogP contribution in [-0.4, -0.2) is 16.7 Å². The van der Waals surface area contributed by atoms with Gasteiger partial charge in [-0.05, 0) is 55.5 Å². The molecule has 1 N–H and O–H groups in total. The molecule has 0 saturated carbocycles. The van der Waals surface area contributed by atoms with Gasteiger partial charge in [-0.2, -0.15) is 0 Å².